The van der Waals surface area contributed by atoms with E-state index < -0.39 is 11.6 Å². The smallest absolute Gasteiger partial charge is 0.253 e. The largest absolute Gasteiger partial charge is 0.345 e. The van der Waals surface area contributed by atoms with Crippen LogP contribution in [0.1, 0.15) is 53.6 Å². The summed E-state index contributed by atoms with van der Waals surface area (Å²) in [4.78, 5) is 33.3. The summed E-state index contributed by atoms with van der Waals surface area (Å²) in [5.41, 5.74) is 1.97. The Morgan fingerprint density at radius 1 is 1.00 bits per heavy atom. The van der Waals surface area contributed by atoms with Gasteiger partial charge in [-0.25, -0.2) is 28.7 Å². The molecule has 1 amide bonds. The van der Waals surface area contributed by atoms with Crippen LogP contribution >= 0.6 is 0 Å². The van der Waals surface area contributed by atoms with Crippen LogP contribution < -0.4 is 10.2 Å². The van der Waals surface area contributed by atoms with Gasteiger partial charge in [-0.05, 0) is 55.4 Å². The molecule has 3 aromatic heterocycles. The quantitative estimate of drug-likeness (QED) is 0.397. The third-order valence-corrected chi connectivity index (χ3v) is 7.29. The first kappa shape index (κ1) is 24.2. The van der Waals surface area contributed by atoms with Gasteiger partial charge >= 0.3 is 0 Å². The van der Waals surface area contributed by atoms with Crippen molar-refractivity contribution in [2.24, 2.45) is 0 Å². The van der Waals surface area contributed by atoms with Crippen LogP contribution in [0.4, 0.5) is 26.2 Å². The van der Waals surface area contributed by atoms with Crippen LogP contribution in [0, 0.1) is 11.6 Å². The highest BCUT2D eigenvalue weighted by Gasteiger charge is 2.27. The van der Waals surface area contributed by atoms with E-state index in [0.29, 0.717) is 11.6 Å². The van der Waals surface area contributed by atoms with E-state index in [1.807, 2.05) is 17.0 Å². The molecule has 1 aliphatic carbocycles. The minimum atomic E-state index is -0.635. The molecule has 0 radical (unpaired) electrons. The number of hydrogen-bond donors (Lipinski definition) is 1. The van der Waals surface area contributed by atoms with Crippen LogP contribution in [0.25, 0.3) is 11.0 Å². The van der Waals surface area contributed by atoms with E-state index in [4.69, 9.17) is 0 Å². The minimum Gasteiger partial charge on any atom is -0.345 e. The number of rotatable bonds is 6. The fourth-order valence-corrected chi connectivity index (χ4v) is 5.01. The molecule has 4 heterocycles. The molecule has 2 aliphatic rings. The molecule has 2 fully saturated rings. The average Bonchev–Trinajstić information content (AvgIpc) is 3.73. The van der Waals surface area contributed by atoms with Gasteiger partial charge in [0, 0.05) is 57.4 Å². The molecule has 4 aromatic rings. The second-order valence-electron chi connectivity index (χ2n) is 10.1. The highest BCUT2D eigenvalue weighted by atomic mass is 19.1. The normalized spacial score (nSPS) is 16.2. The van der Waals surface area contributed by atoms with Crippen LogP contribution in [0.2, 0.25) is 0 Å². The SMILES string of the molecule is CN(C)C(=O)c1ccc(Nc2ncnc3c2c(F)cn3C2CCN(c3ncc(C4CC4)cn3)CC2)c(F)c1. The minimum absolute atomic E-state index is 0.0415. The summed E-state index contributed by atoms with van der Waals surface area (Å²) in [6.07, 6.45) is 10.6. The van der Waals surface area contributed by atoms with Crippen LogP contribution in [0.3, 0.4) is 0 Å². The molecule has 11 heteroatoms. The Bertz CT molecular complexity index is 1490. The Morgan fingerprint density at radius 2 is 1.74 bits per heavy atom. The van der Waals surface area contributed by atoms with Crippen molar-refractivity contribution in [3.63, 3.8) is 0 Å². The number of hydrogen-bond acceptors (Lipinski definition) is 7. The van der Waals surface area contributed by atoms with Crippen LogP contribution in [0.15, 0.2) is 43.1 Å². The molecule has 1 saturated carbocycles. The topological polar surface area (TPSA) is 92.1 Å². The lowest BCUT2D eigenvalue weighted by atomic mass is 10.1. The first-order valence-corrected chi connectivity index (χ1v) is 12.7. The summed E-state index contributed by atoms with van der Waals surface area (Å²) in [5, 5.41) is 3.08. The lowest BCUT2D eigenvalue weighted by Gasteiger charge is -2.32. The predicted molar refractivity (Wildman–Crippen MR) is 140 cm³/mol. The molecular formula is C27H28F2N8O. The van der Waals surface area contributed by atoms with E-state index in [9.17, 15) is 9.18 Å². The molecule has 1 saturated heterocycles. The van der Waals surface area contributed by atoms with E-state index >= 15 is 4.39 Å². The third-order valence-electron chi connectivity index (χ3n) is 7.29. The Hall–Kier alpha value is -4.15. The second-order valence-corrected chi connectivity index (χ2v) is 10.1. The van der Waals surface area contributed by atoms with E-state index in [0.717, 1.165) is 37.9 Å². The summed E-state index contributed by atoms with van der Waals surface area (Å²) in [6.45, 7) is 1.49. The van der Waals surface area contributed by atoms with E-state index in [-0.39, 0.29) is 34.4 Å². The molecule has 1 aromatic carbocycles. The summed E-state index contributed by atoms with van der Waals surface area (Å²) < 4.78 is 31.9. The molecule has 1 aliphatic heterocycles. The van der Waals surface area contributed by atoms with Gasteiger partial charge in [-0.2, -0.15) is 0 Å². The fraction of sp³-hybridized carbons (Fsp3) is 0.370. The molecule has 1 N–H and O–H groups in total. The predicted octanol–water partition coefficient (Wildman–Crippen LogP) is 4.66. The summed E-state index contributed by atoms with van der Waals surface area (Å²) in [6, 6.07) is 4.16. The standard InChI is InChI=1S/C27H28F2N8O/c1-35(2)26(38)17-5-6-22(20(28)11-17)34-24-23-21(29)14-37(25(23)33-15-32-24)19-7-9-36(10-8-19)27-30-12-18(13-31-27)16-3-4-16/h5-6,11-16,19H,3-4,7-10H2,1-2H3,(H,32,33,34). The Kier molecular flexibility index (Phi) is 6.13. The Balaban J connectivity index is 1.20. The summed E-state index contributed by atoms with van der Waals surface area (Å²) in [5.74, 6) is 0.0874. The van der Waals surface area contributed by atoms with Gasteiger partial charge in [0.2, 0.25) is 5.95 Å². The number of fused-ring (bicyclic) bond motifs is 1. The highest BCUT2D eigenvalue weighted by molar-refractivity contribution is 5.95. The maximum Gasteiger partial charge on any atom is 0.253 e. The number of nitrogens with one attached hydrogen (secondary N) is 1. The number of piperidine rings is 1. The molecule has 0 atom stereocenters. The highest BCUT2D eigenvalue weighted by Crippen LogP contribution is 2.39. The first-order valence-electron chi connectivity index (χ1n) is 12.7. The average molecular weight is 519 g/mol. The van der Waals surface area contributed by atoms with Gasteiger partial charge in [0.15, 0.2) is 5.82 Å². The summed E-state index contributed by atoms with van der Waals surface area (Å²) in [7, 11) is 3.20. The molecule has 0 bridgehead atoms. The van der Waals surface area contributed by atoms with Gasteiger partial charge in [-0.3, -0.25) is 4.79 Å². The van der Waals surface area contributed by atoms with Gasteiger partial charge in [-0.15, -0.1) is 0 Å². The van der Waals surface area contributed by atoms with Crippen molar-refractivity contribution in [1.29, 1.82) is 0 Å². The molecule has 0 spiro atoms. The van der Waals surface area contributed by atoms with Gasteiger partial charge in [0.1, 0.15) is 23.6 Å². The maximum atomic E-state index is 15.2. The number of amides is 1. The van der Waals surface area contributed by atoms with Crippen LogP contribution in [-0.4, -0.2) is 62.5 Å². The molecule has 38 heavy (non-hydrogen) atoms. The number of carbonyl (C=O) groups excluding carboxylic acids is 1. The number of halogens is 2. The van der Waals surface area contributed by atoms with Crippen molar-refractivity contribution in [1.82, 2.24) is 29.4 Å². The van der Waals surface area contributed by atoms with Crippen molar-refractivity contribution in [3.8, 4) is 0 Å². The molecule has 196 valence electrons. The lowest BCUT2D eigenvalue weighted by Crippen LogP contribution is -2.35. The Morgan fingerprint density at radius 3 is 2.39 bits per heavy atom. The number of benzene rings is 1. The van der Waals surface area contributed by atoms with Crippen molar-refractivity contribution >= 4 is 34.4 Å². The zero-order chi connectivity index (χ0) is 26.4. The molecule has 6 rings (SSSR count). The second kappa shape index (κ2) is 9.62. The lowest BCUT2D eigenvalue weighted by molar-refractivity contribution is 0.0827. The van der Waals surface area contributed by atoms with Gasteiger partial charge < -0.3 is 19.7 Å². The molecule has 9 nitrogen and oxygen atoms in total. The van der Waals surface area contributed by atoms with E-state index in [1.165, 1.54) is 48.0 Å². The van der Waals surface area contributed by atoms with E-state index in [1.54, 1.807) is 14.1 Å². The number of carbonyl (C=O) groups is 1. The van der Waals surface area contributed by atoms with Crippen LogP contribution in [-0.2, 0) is 0 Å². The van der Waals surface area contributed by atoms with E-state index in [2.05, 4.69) is 30.2 Å². The first-order chi connectivity index (χ1) is 18.4. The maximum absolute atomic E-state index is 15.2. The van der Waals surface area contributed by atoms with Gasteiger partial charge in [0.25, 0.3) is 5.91 Å². The monoisotopic (exact) mass is 518 g/mol. The zero-order valence-corrected chi connectivity index (χ0v) is 21.2. The third kappa shape index (κ3) is 4.52. The Labute approximate surface area is 218 Å². The number of nitrogens with zero attached hydrogens (tertiary/aromatic N) is 7. The molecular weight excluding hydrogens is 490 g/mol. The van der Waals surface area contributed by atoms with Gasteiger partial charge in [0.05, 0.1) is 11.1 Å². The van der Waals surface area contributed by atoms with Gasteiger partial charge in [-0.1, -0.05) is 0 Å². The zero-order valence-electron chi connectivity index (χ0n) is 21.2. The van der Waals surface area contributed by atoms with Crippen molar-refractivity contribution in [2.45, 2.75) is 37.6 Å². The number of anilines is 3. The van der Waals surface area contributed by atoms with Crippen molar-refractivity contribution in [2.75, 3.05) is 37.4 Å². The van der Waals surface area contributed by atoms with Crippen molar-refractivity contribution < 1.29 is 13.6 Å². The van der Waals surface area contributed by atoms with Crippen LogP contribution in [0.5, 0.6) is 0 Å². The summed E-state index contributed by atoms with van der Waals surface area (Å²) >= 11 is 0. The van der Waals surface area contributed by atoms with Crippen molar-refractivity contribution in [3.05, 3.63) is 65.9 Å². The molecule has 0 unspecified atom stereocenters. The number of aromatic nitrogens is 5. The fourth-order valence-electron chi connectivity index (χ4n) is 5.01.